The van der Waals surface area contributed by atoms with Crippen molar-refractivity contribution in [2.75, 3.05) is 26.9 Å². The van der Waals surface area contributed by atoms with Crippen LogP contribution >= 0.6 is 27.7 Å². The second kappa shape index (κ2) is 13.5. The monoisotopic (exact) mass is 580 g/mol. The number of benzene rings is 3. The number of hydrogen-bond acceptors (Lipinski definition) is 6. The van der Waals surface area contributed by atoms with Crippen LogP contribution in [-0.2, 0) is 16.1 Å². The molecule has 0 aromatic heterocycles. The van der Waals surface area contributed by atoms with E-state index in [1.165, 1.54) is 11.8 Å². The minimum Gasteiger partial charge on any atom is -0.490 e. The Hall–Kier alpha value is -3.07. The molecule has 8 heteroatoms. The first-order valence-electron chi connectivity index (χ1n) is 12.1. The van der Waals surface area contributed by atoms with Crippen molar-refractivity contribution in [2.45, 2.75) is 20.0 Å². The van der Waals surface area contributed by atoms with Crippen LogP contribution in [0.25, 0.3) is 6.08 Å². The normalized spacial score (nSPS) is 15.5. The lowest BCUT2D eigenvalue weighted by atomic mass is 10.1. The van der Waals surface area contributed by atoms with Crippen LogP contribution in [-0.4, -0.2) is 42.8 Å². The molecule has 1 amide bonds. The van der Waals surface area contributed by atoms with E-state index in [4.69, 9.17) is 19.2 Å². The fourth-order valence-electron chi connectivity index (χ4n) is 3.66. The van der Waals surface area contributed by atoms with Crippen LogP contribution in [0.4, 0.5) is 5.69 Å². The molecule has 0 spiro atoms. The second-order valence-electron chi connectivity index (χ2n) is 8.20. The quantitative estimate of drug-likeness (QED) is 0.179. The third kappa shape index (κ3) is 7.47. The number of aliphatic imine (C=N–C) groups is 1. The standard InChI is InChI=1S/C29H29BrN2O4S/c1-3-35-26-18-22(12-15-25(26)36-20-21-10-13-23(30)14-11-21)19-27-28(33)32(16-7-17-34-2)29(37-27)31-24-8-5-4-6-9-24/h4-6,8-15,18-19H,3,7,16-17,20H2,1-2H3/b27-19-,31-29?. The molecule has 1 saturated heterocycles. The molecule has 1 aliphatic heterocycles. The van der Waals surface area contributed by atoms with E-state index >= 15 is 0 Å². The number of carbonyl (C=O) groups excluding carboxylic acids is 1. The van der Waals surface area contributed by atoms with Crippen LogP contribution in [0.15, 0.2) is 87.2 Å². The summed E-state index contributed by atoms with van der Waals surface area (Å²) in [5, 5.41) is 0.665. The van der Waals surface area contributed by atoms with Gasteiger partial charge in [0, 0.05) is 24.7 Å². The number of amidine groups is 1. The zero-order valence-electron chi connectivity index (χ0n) is 20.9. The fraction of sp³-hybridized carbons (Fsp3) is 0.241. The third-order valence-electron chi connectivity index (χ3n) is 5.47. The number of ether oxygens (including phenoxy) is 3. The number of rotatable bonds is 11. The van der Waals surface area contributed by atoms with Crippen LogP contribution < -0.4 is 9.47 Å². The van der Waals surface area contributed by atoms with Gasteiger partial charge in [0.15, 0.2) is 16.7 Å². The highest BCUT2D eigenvalue weighted by Gasteiger charge is 2.33. The Morgan fingerprint density at radius 3 is 2.51 bits per heavy atom. The number of halogens is 1. The summed E-state index contributed by atoms with van der Waals surface area (Å²) in [5.74, 6) is 1.23. The van der Waals surface area contributed by atoms with Crippen molar-refractivity contribution in [2.24, 2.45) is 4.99 Å². The van der Waals surface area contributed by atoms with E-state index in [-0.39, 0.29) is 5.91 Å². The summed E-state index contributed by atoms with van der Waals surface area (Å²) >= 11 is 4.83. The van der Waals surface area contributed by atoms with Gasteiger partial charge in [-0.1, -0.05) is 52.3 Å². The van der Waals surface area contributed by atoms with Gasteiger partial charge >= 0.3 is 0 Å². The van der Waals surface area contributed by atoms with Gasteiger partial charge < -0.3 is 14.2 Å². The van der Waals surface area contributed by atoms with Gasteiger partial charge in [-0.05, 0) is 78.7 Å². The molecule has 1 heterocycles. The Bertz CT molecular complexity index is 1260. The topological polar surface area (TPSA) is 60.4 Å². The lowest BCUT2D eigenvalue weighted by molar-refractivity contribution is -0.122. The van der Waals surface area contributed by atoms with Crippen LogP contribution in [0.1, 0.15) is 24.5 Å². The predicted molar refractivity (Wildman–Crippen MR) is 153 cm³/mol. The molecule has 0 N–H and O–H groups in total. The van der Waals surface area contributed by atoms with Crippen LogP contribution in [0.5, 0.6) is 11.5 Å². The average Bonchev–Trinajstić information content (AvgIpc) is 3.19. The summed E-state index contributed by atoms with van der Waals surface area (Å²) in [4.78, 5) is 20.4. The molecule has 1 aliphatic rings. The molecule has 0 radical (unpaired) electrons. The first-order valence-corrected chi connectivity index (χ1v) is 13.7. The molecule has 192 valence electrons. The SMILES string of the molecule is CCOc1cc(/C=C2\SC(=Nc3ccccc3)N(CCCOC)C2=O)ccc1OCc1ccc(Br)cc1. The van der Waals surface area contributed by atoms with Crippen LogP contribution in [0.2, 0.25) is 0 Å². The van der Waals surface area contributed by atoms with Crippen LogP contribution in [0, 0.1) is 0 Å². The zero-order chi connectivity index (χ0) is 26.0. The number of thioether (sulfide) groups is 1. The first kappa shape index (κ1) is 27.0. The molecule has 1 fully saturated rings. The average molecular weight is 582 g/mol. The minimum absolute atomic E-state index is 0.0655. The van der Waals surface area contributed by atoms with E-state index in [9.17, 15) is 4.79 Å². The molecule has 6 nitrogen and oxygen atoms in total. The minimum atomic E-state index is -0.0655. The molecular formula is C29H29BrN2O4S. The Labute approximate surface area is 230 Å². The Balaban J connectivity index is 1.56. The summed E-state index contributed by atoms with van der Waals surface area (Å²) < 4.78 is 18.1. The van der Waals surface area contributed by atoms with E-state index in [0.717, 1.165) is 27.7 Å². The fourth-order valence-corrected chi connectivity index (χ4v) is 4.95. The lowest BCUT2D eigenvalue weighted by Gasteiger charge is -2.15. The lowest BCUT2D eigenvalue weighted by Crippen LogP contribution is -2.30. The molecule has 0 bridgehead atoms. The Morgan fingerprint density at radius 1 is 1.00 bits per heavy atom. The van der Waals surface area contributed by atoms with Crippen molar-refractivity contribution in [3.05, 3.63) is 93.3 Å². The molecule has 3 aromatic rings. The van der Waals surface area contributed by atoms with E-state index in [1.807, 2.05) is 85.8 Å². The van der Waals surface area contributed by atoms with E-state index < -0.39 is 0 Å². The van der Waals surface area contributed by atoms with Gasteiger partial charge in [-0.3, -0.25) is 9.69 Å². The maximum absolute atomic E-state index is 13.3. The van der Waals surface area contributed by atoms with Crippen molar-refractivity contribution in [3.8, 4) is 11.5 Å². The smallest absolute Gasteiger partial charge is 0.266 e. The maximum Gasteiger partial charge on any atom is 0.266 e. The van der Waals surface area contributed by atoms with Gasteiger partial charge in [-0.2, -0.15) is 0 Å². The largest absolute Gasteiger partial charge is 0.490 e. The van der Waals surface area contributed by atoms with Crippen LogP contribution in [0.3, 0.4) is 0 Å². The predicted octanol–water partition coefficient (Wildman–Crippen LogP) is 7.07. The second-order valence-corrected chi connectivity index (χ2v) is 10.1. The molecule has 37 heavy (non-hydrogen) atoms. The Morgan fingerprint density at radius 2 is 1.78 bits per heavy atom. The number of amides is 1. The number of carbonyl (C=O) groups is 1. The van der Waals surface area contributed by atoms with Crippen molar-refractivity contribution in [1.82, 2.24) is 4.90 Å². The third-order valence-corrected chi connectivity index (χ3v) is 7.01. The molecule has 0 unspecified atom stereocenters. The molecule has 0 atom stereocenters. The highest BCUT2D eigenvalue weighted by molar-refractivity contribution is 9.10. The molecule has 4 rings (SSSR count). The van der Waals surface area contributed by atoms with Crippen molar-refractivity contribution in [3.63, 3.8) is 0 Å². The highest BCUT2D eigenvalue weighted by atomic mass is 79.9. The molecule has 3 aromatic carbocycles. The van der Waals surface area contributed by atoms with Gasteiger partial charge in [0.25, 0.3) is 5.91 Å². The number of para-hydroxylation sites is 1. The van der Waals surface area contributed by atoms with Crippen molar-refractivity contribution >= 4 is 50.5 Å². The summed E-state index contributed by atoms with van der Waals surface area (Å²) in [6, 6.07) is 23.4. The van der Waals surface area contributed by atoms with E-state index in [1.54, 1.807) is 12.0 Å². The zero-order valence-corrected chi connectivity index (χ0v) is 23.3. The van der Waals surface area contributed by atoms with E-state index in [2.05, 4.69) is 15.9 Å². The van der Waals surface area contributed by atoms with Gasteiger partial charge in [0.1, 0.15) is 6.61 Å². The molecule has 0 aliphatic carbocycles. The highest BCUT2D eigenvalue weighted by Crippen LogP contribution is 2.36. The number of hydrogen-bond donors (Lipinski definition) is 0. The van der Waals surface area contributed by atoms with Crippen molar-refractivity contribution in [1.29, 1.82) is 0 Å². The van der Waals surface area contributed by atoms with Gasteiger partial charge in [0.05, 0.1) is 17.2 Å². The summed E-state index contributed by atoms with van der Waals surface area (Å²) in [7, 11) is 1.66. The summed E-state index contributed by atoms with van der Waals surface area (Å²) in [6.07, 6.45) is 2.60. The van der Waals surface area contributed by atoms with Gasteiger partial charge in [-0.15, -0.1) is 0 Å². The molecule has 0 saturated carbocycles. The molecular weight excluding hydrogens is 552 g/mol. The van der Waals surface area contributed by atoms with E-state index in [0.29, 0.717) is 47.9 Å². The van der Waals surface area contributed by atoms with Gasteiger partial charge in [-0.25, -0.2) is 4.99 Å². The Kier molecular flexibility index (Phi) is 9.82. The first-order chi connectivity index (χ1) is 18.1. The van der Waals surface area contributed by atoms with Gasteiger partial charge in [0.2, 0.25) is 0 Å². The number of nitrogens with zero attached hydrogens (tertiary/aromatic N) is 2. The summed E-state index contributed by atoms with van der Waals surface area (Å²) in [6.45, 7) is 3.98. The number of methoxy groups -OCH3 is 1. The summed E-state index contributed by atoms with van der Waals surface area (Å²) in [5.41, 5.74) is 2.72. The maximum atomic E-state index is 13.3. The van der Waals surface area contributed by atoms with Crippen molar-refractivity contribution < 1.29 is 19.0 Å².